The molecule has 0 aromatic carbocycles. The highest BCUT2D eigenvalue weighted by Crippen LogP contribution is 2.11. The van der Waals surface area contributed by atoms with Gasteiger partial charge in [-0.1, -0.05) is 20.8 Å². The van der Waals surface area contributed by atoms with Gasteiger partial charge in [-0.2, -0.15) is 0 Å². The zero-order chi connectivity index (χ0) is 14.9. The third-order valence-electron chi connectivity index (χ3n) is 2.11. The molecule has 0 aliphatic rings. The molecule has 110 valence electrons. The van der Waals surface area contributed by atoms with E-state index in [-0.39, 0.29) is 44.5 Å². The minimum atomic E-state index is -1.05. The summed E-state index contributed by atoms with van der Waals surface area (Å²) in [5.41, 5.74) is -0.471. The minimum absolute atomic E-state index is 0.106. The first-order chi connectivity index (χ1) is 8.73. The summed E-state index contributed by atoms with van der Waals surface area (Å²) in [6.07, 6.45) is 0.181. The molecule has 0 unspecified atom stereocenters. The van der Waals surface area contributed by atoms with Gasteiger partial charge in [-0.25, -0.2) is 4.79 Å². The second kappa shape index (κ2) is 8.47. The summed E-state index contributed by atoms with van der Waals surface area (Å²) in [5.74, 6) is -1.37. The number of carbonyl (C=O) groups excluding carboxylic acids is 2. The lowest BCUT2D eigenvalue weighted by Crippen LogP contribution is -2.37. The van der Waals surface area contributed by atoms with Crippen molar-refractivity contribution in [3.63, 3.8) is 0 Å². The maximum Gasteiger partial charge on any atom is 0.329 e. The van der Waals surface area contributed by atoms with Crippen LogP contribution in [0.1, 0.15) is 27.2 Å². The van der Waals surface area contributed by atoms with Crippen LogP contribution in [0, 0.1) is 5.41 Å². The Morgan fingerprint density at radius 2 is 1.74 bits per heavy atom. The van der Waals surface area contributed by atoms with Crippen molar-refractivity contribution in [1.29, 1.82) is 0 Å². The van der Waals surface area contributed by atoms with Gasteiger partial charge in [0.1, 0.15) is 6.61 Å². The van der Waals surface area contributed by atoms with Gasteiger partial charge >= 0.3 is 5.97 Å². The molecule has 0 aliphatic carbocycles. The van der Waals surface area contributed by atoms with Gasteiger partial charge in [0.25, 0.3) is 0 Å². The Hall–Kier alpha value is -1.63. The van der Waals surface area contributed by atoms with Gasteiger partial charge in [-0.05, 0) is 0 Å². The van der Waals surface area contributed by atoms with Gasteiger partial charge < -0.3 is 20.5 Å². The maximum absolute atomic E-state index is 11.5. The van der Waals surface area contributed by atoms with Crippen molar-refractivity contribution < 1.29 is 24.2 Å². The molecule has 0 saturated carbocycles. The van der Waals surface area contributed by atoms with Gasteiger partial charge in [0.15, 0.2) is 0 Å². The third kappa shape index (κ3) is 10.0. The number of nitrogens with one attached hydrogen (secondary N) is 2. The highest BCUT2D eigenvalue weighted by Gasteiger charge is 2.20. The smallest absolute Gasteiger partial charge is 0.329 e. The van der Waals surface area contributed by atoms with E-state index in [4.69, 9.17) is 9.84 Å². The molecule has 2 amide bonds. The molecular weight excluding hydrogens is 252 g/mol. The minimum Gasteiger partial charge on any atom is -0.480 e. The van der Waals surface area contributed by atoms with E-state index >= 15 is 0 Å². The molecule has 0 aromatic heterocycles. The fraction of sp³-hybridized carbons (Fsp3) is 0.750. The fourth-order valence-electron chi connectivity index (χ4n) is 1.07. The summed E-state index contributed by atoms with van der Waals surface area (Å²) >= 11 is 0. The molecule has 3 N–H and O–H groups in total. The van der Waals surface area contributed by atoms with Crippen LogP contribution in [0.3, 0.4) is 0 Å². The van der Waals surface area contributed by atoms with Crippen LogP contribution in [0.25, 0.3) is 0 Å². The van der Waals surface area contributed by atoms with Crippen LogP contribution >= 0.6 is 0 Å². The maximum atomic E-state index is 11.5. The topological polar surface area (TPSA) is 105 Å². The molecule has 0 radical (unpaired) electrons. The average Bonchev–Trinajstić information content (AvgIpc) is 2.26. The Kier molecular flexibility index (Phi) is 7.74. The van der Waals surface area contributed by atoms with Crippen molar-refractivity contribution in [3.05, 3.63) is 0 Å². The molecular formula is C12H22N2O5. The number of ether oxygens (including phenoxy) is 1. The zero-order valence-corrected chi connectivity index (χ0v) is 11.6. The largest absolute Gasteiger partial charge is 0.480 e. The van der Waals surface area contributed by atoms with Crippen LogP contribution in [0.15, 0.2) is 0 Å². The van der Waals surface area contributed by atoms with Gasteiger partial charge in [0.2, 0.25) is 11.8 Å². The first-order valence-electron chi connectivity index (χ1n) is 6.08. The number of amides is 2. The molecule has 7 heteroatoms. The van der Waals surface area contributed by atoms with Gasteiger partial charge in [-0.15, -0.1) is 0 Å². The zero-order valence-electron chi connectivity index (χ0n) is 11.6. The Bertz CT molecular complexity index is 323. The Morgan fingerprint density at radius 1 is 1.11 bits per heavy atom. The monoisotopic (exact) mass is 274 g/mol. The van der Waals surface area contributed by atoms with Gasteiger partial charge in [0, 0.05) is 24.9 Å². The normalized spacial score (nSPS) is 10.9. The summed E-state index contributed by atoms with van der Waals surface area (Å²) in [6, 6.07) is 0. The summed E-state index contributed by atoms with van der Waals surface area (Å²) in [6.45, 7) is 5.67. The van der Waals surface area contributed by atoms with Crippen LogP contribution < -0.4 is 10.6 Å². The highest BCUT2D eigenvalue weighted by atomic mass is 16.5. The Balaban J connectivity index is 3.55. The number of hydrogen-bond donors (Lipinski definition) is 3. The van der Waals surface area contributed by atoms with E-state index in [1.54, 1.807) is 20.8 Å². The first-order valence-corrected chi connectivity index (χ1v) is 6.08. The lowest BCUT2D eigenvalue weighted by Gasteiger charge is -2.17. The lowest BCUT2D eigenvalue weighted by molar-refractivity contribution is -0.142. The molecule has 0 fully saturated rings. The van der Waals surface area contributed by atoms with Crippen LogP contribution in [0.5, 0.6) is 0 Å². The van der Waals surface area contributed by atoms with E-state index in [0.29, 0.717) is 0 Å². The van der Waals surface area contributed by atoms with Crippen molar-refractivity contribution in [2.24, 2.45) is 5.41 Å². The number of hydrogen-bond acceptors (Lipinski definition) is 4. The molecule has 0 saturated heterocycles. The summed E-state index contributed by atoms with van der Waals surface area (Å²) in [4.78, 5) is 33.0. The van der Waals surface area contributed by atoms with Crippen molar-refractivity contribution in [2.75, 3.05) is 26.3 Å². The van der Waals surface area contributed by atoms with Crippen LogP contribution in [0.4, 0.5) is 0 Å². The van der Waals surface area contributed by atoms with Crippen LogP contribution in [-0.4, -0.2) is 49.2 Å². The van der Waals surface area contributed by atoms with Crippen molar-refractivity contribution in [1.82, 2.24) is 10.6 Å². The predicted molar refractivity (Wildman–Crippen MR) is 68.5 cm³/mol. The van der Waals surface area contributed by atoms with E-state index in [1.165, 1.54) is 0 Å². The molecule has 0 atom stereocenters. The standard InChI is InChI=1S/C12H22N2O5/c1-12(2,3)11(18)14-5-4-9(15)13-6-7-19-8-10(16)17/h4-8H2,1-3H3,(H,13,15)(H,14,18)(H,16,17). The van der Waals surface area contributed by atoms with E-state index in [0.717, 1.165) is 0 Å². The van der Waals surface area contributed by atoms with E-state index < -0.39 is 11.4 Å². The van der Waals surface area contributed by atoms with E-state index in [9.17, 15) is 14.4 Å². The van der Waals surface area contributed by atoms with Crippen molar-refractivity contribution in [3.8, 4) is 0 Å². The number of carbonyl (C=O) groups is 3. The summed E-state index contributed by atoms with van der Waals surface area (Å²) < 4.78 is 4.75. The lowest BCUT2D eigenvalue weighted by atomic mass is 9.96. The molecule has 0 rings (SSSR count). The second-order valence-corrected chi connectivity index (χ2v) is 5.05. The number of rotatable bonds is 8. The van der Waals surface area contributed by atoms with Crippen LogP contribution in [0.2, 0.25) is 0 Å². The summed E-state index contributed by atoms with van der Waals surface area (Å²) in [5, 5.41) is 13.5. The number of aliphatic carboxylic acids is 1. The third-order valence-corrected chi connectivity index (χ3v) is 2.11. The average molecular weight is 274 g/mol. The predicted octanol–water partition coefficient (Wildman–Crippen LogP) is -0.244. The van der Waals surface area contributed by atoms with Crippen LogP contribution in [-0.2, 0) is 19.1 Å². The first kappa shape index (κ1) is 17.4. The highest BCUT2D eigenvalue weighted by molar-refractivity contribution is 5.82. The van der Waals surface area contributed by atoms with E-state index in [2.05, 4.69) is 10.6 Å². The molecule has 0 aliphatic heterocycles. The summed E-state index contributed by atoms with van der Waals surface area (Å²) in [7, 11) is 0. The SMILES string of the molecule is CC(C)(C)C(=O)NCCC(=O)NCCOCC(=O)O. The number of carboxylic acids is 1. The Labute approximate surface area is 112 Å². The van der Waals surface area contributed by atoms with E-state index in [1.807, 2.05) is 0 Å². The second-order valence-electron chi connectivity index (χ2n) is 5.05. The molecule has 0 heterocycles. The molecule has 0 spiro atoms. The molecule has 0 aromatic rings. The van der Waals surface area contributed by atoms with Gasteiger partial charge in [0.05, 0.1) is 6.61 Å². The van der Waals surface area contributed by atoms with Crippen molar-refractivity contribution >= 4 is 17.8 Å². The van der Waals surface area contributed by atoms with Gasteiger partial charge in [-0.3, -0.25) is 9.59 Å². The Morgan fingerprint density at radius 3 is 2.26 bits per heavy atom. The quantitative estimate of drug-likeness (QED) is 0.530. The molecule has 19 heavy (non-hydrogen) atoms. The number of carboxylic acid groups (broad SMARTS) is 1. The molecule has 0 bridgehead atoms. The van der Waals surface area contributed by atoms with Crippen molar-refractivity contribution in [2.45, 2.75) is 27.2 Å². The molecule has 7 nitrogen and oxygen atoms in total. The fourth-order valence-corrected chi connectivity index (χ4v) is 1.07.